The number of hydrogen-bond acceptors (Lipinski definition) is 4. The minimum atomic E-state index is -0.730. The predicted octanol–water partition coefficient (Wildman–Crippen LogP) is 2.30. The normalized spacial score (nSPS) is 21.5. The summed E-state index contributed by atoms with van der Waals surface area (Å²) in [5, 5.41) is 6.33. The first-order valence-electron chi connectivity index (χ1n) is 9.17. The number of benzene rings is 1. The van der Waals surface area contributed by atoms with Gasteiger partial charge in [0.1, 0.15) is 0 Å². The van der Waals surface area contributed by atoms with E-state index in [4.69, 9.17) is 9.47 Å². The van der Waals surface area contributed by atoms with Crippen LogP contribution in [0, 0.1) is 0 Å². The summed E-state index contributed by atoms with van der Waals surface area (Å²) in [5.74, 6) is 1.29. The zero-order chi connectivity index (χ0) is 18.9. The molecule has 1 aromatic carbocycles. The monoisotopic (exact) mass is 360 g/mol. The maximum atomic E-state index is 13.1. The highest BCUT2D eigenvalue weighted by Gasteiger charge is 2.49. The van der Waals surface area contributed by atoms with Crippen LogP contribution in [0.25, 0.3) is 0 Å². The number of hydrogen-bond donors (Lipinski definition) is 2. The number of nitrogens with one attached hydrogen (secondary N) is 2. The number of methoxy groups -OCH3 is 2. The lowest BCUT2D eigenvalue weighted by Gasteiger charge is -2.51. The second kappa shape index (κ2) is 6.82. The van der Waals surface area contributed by atoms with Gasteiger partial charge in [-0.2, -0.15) is 0 Å². The smallest absolute Gasteiger partial charge is 0.230 e. The third kappa shape index (κ3) is 3.13. The van der Waals surface area contributed by atoms with Gasteiger partial charge in [0.25, 0.3) is 0 Å². The SMILES string of the molecule is COc1ccc(C(C)(C)C(=O)NC2CCC(=O)NC23CCC3)cc1OC. The zero-order valence-electron chi connectivity index (χ0n) is 16.0. The molecule has 1 unspecified atom stereocenters. The molecule has 2 amide bonds. The van der Waals surface area contributed by atoms with Gasteiger partial charge in [-0.15, -0.1) is 0 Å². The predicted molar refractivity (Wildman–Crippen MR) is 98.5 cm³/mol. The van der Waals surface area contributed by atoms with Gasteiger partial charge in [-0.1, -0.05) is 6.07 Å². The van der Waals surface area contributed by atoms with Crippen LogP contribution >= 0.6 is 0 Å². The molecule has 3 rings (SSSR count). The van der Waals surface area contributed by atoms with Crippen molar-refractivity contribution in [2.24, 2.45) is 0 Å². The molecular weight excluding hydrogens is 332 g/mol. The van der Waals surface area contributed by atoms with Crippen molar-refractivity contribution in [3.8, 4) is 11.5 Å². The molecule has 1 heterocycles. The van der Waals surface area contributed by atoms with Crippen molar-refractivity contribution < 1.29 is 19.1 Å². The first-order valence-corrected chi connectivity index (χ1v) is 9.17. The van der Waals surface area contributed by atoms with Gasteiger partial charge in [0.05, 0.1) is 31.2 Å². The molecule has 0 aromatic heterocycles. The standard InChI is InChI=1S/C20H28N2O4/c1-19(2,13-6-7-14(25-3)15(12-13)26-4)18(24)21-16-8-9-17(23)22-20(16)10-5-11-20/h6-7,12,16H,5,8-11H2,1-4H3,(H,21,24)(H,22,23). The Morgan fingerprint density at radius 2 is 1.92 bits per heavy atom. The van der Waals surface area contributed by atoms with E-state index in [1.807, 2.05) is 32.0 Å². The maximum Gasteiger partial charge on any atom is 0.230 e. The molecule has 6 nitrogen and oxygen atoms in total. The molecule has 26 heavy (non-hydrogen) atoms. The molecule has 1 atom stereocenters. The van der Waals surface area contributed by atoms with Gasteiger partial charge < -0.3 is 20.1 Å². The quantitative estimate of drug-likeness (QED) is 0.845. The van der Waals surface area contributed by atoms with Crippen LogP contribution in [-0.4, -0.2) is 37.6 Å². The lowest BCUT2D eigenvalue weighted by Crippen LogP contribution is -2.69. The van der Waals surface area contributed by atoms with Crippen LogP contribution < -0.4 is 20.1 Å². The van der Waals surface area contributed by atoms with Crippen molar-refractivity contribution in [3.05, 3.63) is 23.8 Å². The molecular formula is C20H28N2O4. The summed E-state index contributed by atoms with van der Waals surface area (Å²) in [7, 11) is 3.17. The van der Waals surface area contributed by atoms with Crippen molar-refractivity contribution in [2.75, 3.05) is 14.2 Å². The highest BCUT2D eigenvalue weighted by Crippen LogP contribution is 2.40. The summed E-state index contributed by atoms with van der Waals surface area (Å²) in [6.07, 6.45) is 4.11. The fourth-order valence-electron chi connectivity index (χ4n) is 3.92. The van der Waals surface area contributed by atoms with Gasteiger partial charge in [-0.05, 0) is 57.2 Å². The lowest BCUT2D eigenvalue weighted by molar-refractivity contribution is -0.133. The fraction of sp³-hybridized carbons (Fsp3) is 0.600. The molecule has 6 heteroatoms. The van der Waals surface area contributed by atoms with E-state index in [-0.39, 0.29) is 23.4 Å². The molecule has 1 aromatic rings. The molecule has 1 saturated heterocycles. The lowest BCUT2D eigenvalue weighted by atomic mass is 9.68. The molecule has 2 N–H and O–H groups in total. The molecule has 142 valence electrons. The van der Waals surface area contributed by atoms with E-state index in [2.05, 4.69) is 10.6 Å². The van der Waals surface area contributed by atoms with E-state index in [0.717, 1.165) is 24.8 Å². The van der Waals surface area contributed by atoms with E-state index in [1.165, 1.54) is 0 Å². The zero-order valence-corrected chi connectivity index (χ0v) is 16.0. The van der Waals surface area contributed by atoms with E-state index in [0.29, 0.717) is 24.3 Å². The van der Waals surface area contributed by atoms with Crippen LogP contribution in [0.15, 0.2) is 18.2 Å². The second-order valence-corrected chi connectivity index (χ2v) is 7.82. The number of amides is 2. The summed E-state index contributed by atoms with van der Waals surface area (Å²) in [6.45, 7) is 3.80. The topological polar surface area (TPSA) is 76.7 Å². The summed E-state index contributed by atoms with van der Waals surface area (Å²) in [5.41, 5.74) is -0.125. The van der Waals surface area contributed by atoms with Gasteiger partial charge in [-0.3, -0.25) is 9.59 Å². The van der Waals surface area contributed by atoms with Crippen LogP contribution in [0.4, 0.5) is 0 Å². The molecule has 1 aliphatic carbocycles. The third-order valence-electron chi connectivity index (χ3n) is 5.94. The summed E-state index contributed by atoms with van der Waals surface area (Å²) < 4.78 is 10.6. The molecule has 2 aliphatic rings. The molecule has 1 aliphatic heterocycles. The van der Waals surface area contributed by atoms with Crippen molar-refractivity contribution in [3.63, 3.8) is 0 Å². The minimum absolute atomic E-state index is 0.0131. The number of carbonyl (C=O) groups excluding carboxylic acids is 2. The van der Waals surface area contributed by atoms with Crippen molar-refractivity contribution in [1.82, 2.24) is 10.6 Å². The Morgan fingerprint density at radius 1 is 1.23 bits per heavy atom. The van der Waals surface area contributed by atoms with Gasteiger partial charge in [0, 0.05) is 6.42 Å². The molecule has 0 radical (unpaired) electrons. The Balaban J connectivity index is 1.79. The van der Waals surface area contributed by atoms with Crippen molar-refractivity contribution >= 4 is 11.8 Å². The van der Waals surface area contributed by atoms with Crippen LogP contribution in [-0.2, 0) is 15.0 Å². The summed E-state index contributed by atoms with van der Waals surface area (Å²) >= 11 is 0. The first kappa shape index (κ1) is 18.5. The van der Waals surface area contributed by atoms with Gasteiger partial charge in [0.2, 0.25) is 11.8 Å². The number of ether oxygens (including phenoxy) is 2. The van der Waals surface area contributed by atoms with E-state index in [9.17, 15) is 9.59 Å². The van der Waals surface area contributed by atoms with E-state index in [1.54, 1.807) is 14.2 Å². The molecule has 2 fully saturated rings. The second-order valence-electron chi connectivity index (χ2n) is 7.82. The Morgan fingerprint density at radius 3 is 2.50 bits per heavy atom. The highest BCUT2D eigenvalue weighted by atomic mass is 16.5. The van der Waals surface area contributed by atoms with Crippen LogP contribution in [0.3, 0.4) is 0 Å². The number of carbonyl (C=O) groups is 2. The largest absolute Gasteiger partial charge is 0.493 e. The van der Waals surface area contributed by atoms with Crippen LogP contribution in [0.1, 0.15) is 51.5 Å². The van der Waals surface area contributed by atoms with Gasteiger partial charge >= 0.3 is 0 Å². The van der Waals surface area contributed by atoms with E-state index < -0.39 is 5.41 Å². The highest BCUT2D eigenvalue weighted by molar-refractivity contribution is 5.88. The van der Waals surface area contributed by atoms with Gasteiger partial charge in [0.15, 0.2) is 11.5 Å². The average molecular weight is 360 g/mol. The van der Waals surface area contributed by atoms with Crippen LogP contribution in [0.2, 0.25) is 0 Å². The Kier molecular flexibility index (Phi) is 4.86. The summed E-state index contributed by atoms with van der Waals surface area (Å²) in [6, 6.07) is 5.54. The number of piperidine rings is 1. The Labute approximate surface area is 154 Å². The Bertz CT molecular complexity index is 710. The van der Waals surface area contributed by atoms with Crippen LogP contribution in [0.5, 0.6) is 11.5 Å². The first-order chi connectivity index (χ1) is 12.3. The Hall–Kier alpha value is -2.24. The number of rotatable bonds is 5. The average Bonchev–Trinajstić information content (AvgIpc) is 2.60. The molecule has 1 spiro atoms. The van der Waals surface area contributed by atoms with E-state index >= 15 is 0 Å². The van der Waals surface area contributed by atoms with Crippen molar-refractivity contribution in [1.29, 1.82) is 0 Å². The molecule has 0 bridgehead atoms. The maximum absolute atomic E-state index is 13.1. The molecule has 1 saturated carbocycles. The van der Waals surface area contributed by atoms with Gasteiger partial charge in [-0.25, -0.2) is 0 Å². The summed E-state index contributed by atoms with van der Waals surface area (Å²) in [4.78, 5) is 24.9. The fourth-order valence-corrected chi connectivity index (χ4v) is 3.92. The minimum Gasteiger partial charge on any atom is -0.493 e. The third-order valence-corrected chi connectivity index (χ3v) is 5.94. The van der Waals surface area contributed by atoms with Crippen molar-refractivity contribution in [2.45, 2.75) is 62.9 Å².